The molecule has 0 aliphatic carbocycles. The fourth-order valence-corrected chi connectivity index (χ4v) is 2.44. The van der Waals surface area contributed by atoms with Crippen LogP contribution in [0.4, 0.5) is 11.4 Å². The maximum atomic E-state index is 11.2. The van der Waals surface area contributed by atoms with Crippen LogP contribution in [-0.2, 0) is 10.0 Å². The Morgan fingerprint density at radius 3 is 2.20 bits per heavy atom. The molecule has 1 unspecified atom stereocenters. The fourth-order valence-electron chi connectivity index (χ4n) is 1.69. The van der Waals surface area contributed by atoms with Crippen molar-refractivity contribution in [1.82, 2.24) is 4.72 Å². The van der Waals surface area contributed by atoms with Gasteiger partial charge in [0.25, 0.3) is 0 Å². The molecule has 20 heavy (non-hydrogen) atoms. The first-order valence-corrected chi connectivity index (χ1v) is 7.43. The number of anilines is 2. The lowest BCUT2D eigenvalue weighted by Gasteiger charge is -2.30. The molecule has 0 fully saturated rings. The monoisotopic (exact) mass is 345 g/mol. The van der Waals surface area contributed by atoms with Gasteiger partial charge in [-0.1, -0.05) is 0 Å². The average molecular weight is 346 g/mol. The Balaban J connectivity index is 0. The molecule has 1 atom stereocenters. The van der Waals surface area contributed by atoms with Crippen molar-refractivity contribution in [2.75, 3.05) is 30.0 Å². The molecule has 0 heterocycles. The molecular formula is C11H21Cl2N3O3S. The van der Waals surface area contributed by atoms with E-state index in [1.807, 2.05) is 0 Å². The fraction of sp³-hybridized carbons (Fsp3) is 0.455. The third-order valence-electron chi connectivity index (χ3n) is 2.42. The van der Waals surface area contributed by atoms with Gasteiger partial charge in [-0.25, -0.2) is 8.42 Å². The molecule has 0 saturated carbocycles. The van der Waals surface area contributed by atoms with Crippen molar-refractivity contribution >= 4 is 46.2 Å². The Hall–Kier alpha value is -0.730. The summed E-state index contributed by atoms with van der Waals surface area (Å²) in [5.74, 6) is 0. The summed E-state index contributed by atoms with van der Waals surface area (Å²) in [5.41, 5.74) is 7.02. The maximum absolute atomic E-state index is 11.2. The highest BCUT2D eigenvalue weighted by Gasteiger charge is 2.17. The Labute approximate surface area is 132 Å². The minimum Gasteiger partial charge on any atom is -0.399 e. The van der Waals surface area contributed by atoms with Gasteiger partial charge in [0.15, 0.2) is 0 Å². The largest absolute Gasteiger partial charge is 0.399 e. The highest BCUT2D eigenvalue weighted by Crippen LogP contribution is 2.18. The molecule has 4 N–H and O–H groups in total. The summed E-state index contributed by atoms with van der Waals surface area (Å²) < 4.78 is 24.9. The van der Waals surface area contributed by atoms with Crippen molar-refractivity contribution in [1.29, 1.82) is 0 Å². The van der Waals surface area contributed by atoms with Gasteiger partial charge in [-0.2, -0.15) is 4.72 Å². The van der Waals surface area contributed by atoms with Gasteiger partial charge in [0.1, 0.15) is 0 Å². The van der Waals surface area contributed by atoms with Crippen molar-refractivity contribution in [3.63, 3.8) is 0 Å². The van der Waals surface area contributed by atoms with Crippen molar-refractivity contribution in [2.24, 2.45) is 0 Å². The molecule has 0 spiro atoms. The van der Waals surface area contributed by atoms with Crippen LogP contribution in [0.15, 0.2) is 24.3 Å². The molecule has 118 valence electrons. The molecule has 1 aromatic rings. The smallest absolute Gasteiger partial charge is 0.210 e. The number of halogens is 2. The quantitative estimate of drug-likeness (QED) is 0.523. The number of nitrogens with two attached hydrogens (primary N) is 1. The van der Waals surface area contributed by atoms with Gasteiger partial charge in [-0.3, -0.25) is 0 Å². The highest BCUT2D eigenvalue weighted by atomic mass is 35.5. The SMILES string of the molecule is CC(NS(C)(=O)=O)N(CCO)c1ccc(N)cc1.Cl.Cl. The number of aliphatic hydroxyl groups excluding tert-OH is 1. The van der Waals surface area contributed by atoms with Crippen LogP contribution in [-0.4, -0.2) is 39.1 Å². The van der Waals surface area contributed by atoms with E-state index in [0.717, 1.165) is 11.9 Å². The molecule has 0 aliphatic heterocycles. The van der Waals surface area contributed by atoms with Crippen molar-refractivity contribution in [3.8, 4) is 0 Å². The third-order valence-corrected chi connectivity index (χ3v) is 3.19. The van der Waals surface area contributed by atoms with E-state index in [0.29, 0.717) is 12.2 Å². The minimum absolute atomic E-state index is 0. The van der Waals surface area contributed by atoms with E-state index in [1.165, 1.54) is 0 Å². The third kappa shape index (κ3) is 7.16. The van der Waals surface area contributed by atoms with E-state index < -0.39 is 16.2 Å². The molecule has 0 bridgehead atoms. The van der Waals surface area contributed by atoms with E-state index in [4.69, 9.17) is 10.8 Å². The zero-order chi connectivity index (χ0) is 13.8. The normalized spacial score (nSPS) is 11.9. The Morgan fingerprint density at radius 2 is 1.80 bits per heavy atom. The average Bonchev–Trinajstić information content (AvgIpc) is 2.25. The molecule has 0 radical (unpaired) electrons. The van der Waals surface area contributed by atoms with Crippen LogP contribution in [0.5, 0.6) is 0 Å². The molecule has 1 rings (SSSR count). The summed E-state index contributed by atoms with van der Waals surface area (Å²) in [4.78, 5) is 1.75. The van der Waals surface area contributed by atoms with Gasteiger partial charge in [0.2, 0.25) is 10.0 Å². The molecule has 9 heteroatoms. The van der Waals surface area contributed by atoms with Gasteiger partial charge in [0.05, 0.1) is 19.0 Å². The summed E-state index contributed by atoms with van der Waals surface area (Å²) in [6, 6.07) is 7.02. The van der Waals surface area contributed by atoms with Gasteiger partial charge in [-0.15, -0.1) is 24.8 Å². The van der Waals surface area contributed by atoms with Gasteiger partial charge in [0, 0.05) is 17.9 Å². The molecule has 0 aromatic heterocycles. The summed E-state index contributed by atoms with van der Waals surface area (Å²) in [7, 11) is -3.30. The van der Waals surface area contributed by atoms with Crippen molar-refractivity contribution in [3.05, 3.63) is 24.3 Å². The zero-order valence-electron chi connectivity index (χ0n) is 11.3. The number of sulfonamides is 1. The standard InChI is InChI=1S/C11H19N3O3S.2ClH/c1-9(13-18(2,16)17)14(7-8-15)11-5-3-10(12)4-6-11;;/h3-6,9,13,15H,7-8,12H2,1-2H3;2*1H. The molecule has 6 nitrogen and oxygen atoms in total. The molecule has 0 aliphatic rings. The lowest BCUT2D eigenvalue weighted by atomic mass is 10.2. The van der Waals surface area contributed by atoms with E-state index in [-0.39, 0.29) is 31.4 Å². The first-order valence-electron chi connectivity index (χ1n) is 5.54. The van der Waals surface area contributed by atoms with Crippen LogP contribution < -0.4 is 15.4 Å². The zero-order valence-corrected chi connectivity index (χ0v) is 13.8. The van der Waals surface area contributed by atoms with E-state index in [1.54, 1.807) is 36.1 Å². The molecular weight excluding hydrogens is 325 g/mol. The van der Waals surface area contributed by atoms with Crippen molar-refractivity contribution in [2.45, 2.75) is 13.1 Å². The van der Waals surface area contributed by atoms with E-state index in [9.17, 15) is 8.42 Å². The number of nitrogen functional groups attached to an aromatic ring is 1. The van der Waals surface area contributed by atoms with Crippen LogP contribution in [0, 0.1) is 0 Å². The van der Waals surface area contributed by atoms with Crippen LogP contribution in [0.25, 0.3) is 0 Å². The minimum atomic E-state index is -3.30. The van der Waals surface area contributed by atoms with Crippen LogP contribution in [0.3, 0.4) is 0 Å². The van der Waals surface area contributed by atoms with Gasteiger partial charge >= 0.3 is 0 Å². The number of hydrogen-bond acceptors (Lipinski definition) is 5. The van der Waals surface area contributed by atoms with Crippen LogP contribution >= 0.6 is 24.8 Å². The second kappa shape index (κ2) is 9.25. The Morgan fingerprint density at radius 1 is 1.30 bits per heavy atom. The van der Waals surface area contributed by atoms with E-state index >= 15 is 0 Å². The van der Waals surface area contributed by atoms with E-state index in [2.05, 4.69) is 4.72 Å². The highest BCUT2D eigenvalue weighted by molar-refractivity contribution is 7.88. The summed E-state index contributed by atoms with van der Waals surface area (Å²) >= 11 is 0. The molecule has 0 saturated heterocycles. The number of aliphatic hydroxyl groups is 1. The van der Waals surface area contributed by atoms with Gasteiger partial charge < -0.3 is 15.7 Å². The Kier molecular flexibility index (Phi) is 9.98. The maximum Gasteiger partial charge on any atom is 0.210 e. The number of nitrogens with one attached hydrogen (secondary N) is 1. The first kappa shape index (κ1) is 21.6. The van der Waals surface area contributed by atoms with Crippen LogP contribution in [0.2, 0.25) is 0 Å². The Bertz CT molecular complexity index is 482. The second-order valence-electron chi connectivity index (χ2n) is 4.07. The number of nitrogens with zero attached hydrogens (tertiary/aromatic N) is 1. The van der Waals surface area contributed by atoms with Crippen molar-refractivity contribution < 1.29 is 13.5 Å². The lowest BCUT2D eigenvalue weighted by Crippen LogP contribution is -2.47. The molecule has 0 amide bonds. The number of rotatable bonds is 6. The molecule has 1 aromatic carbocycles. The van der Waals surface area contributed by atoms with Crippen LogP contribution in [0.1, 0.15) is 6.92 Å². The topological polar surface area (TPSA) is 95.7 Å². The summed E-state index contributed by atoms with van der Waals surface area (Å²) in [6.45, 7) is 1.97. The first-order chi connectivity index (χ1) is 8.33. The number of hydrogen-bond donors (Lipinski definition) is 3. The lowest BCUT2D eigenvalue weighted by molar-refractivity contribution is 0.297. The summed E-state index contributed by atoms with van der Waals surface area (Å²) in [6.07, 6.45) is 0.652. The number of benzene rings is 1. The summed E-state index contributed by atoms with van der Waals surface area (Å²) in [5, 5.41) is 9.06. The predicted molar refractivity (Wildman–Crippen MR) is 87.2 cm³/mol. The van der Waals surface area contributed by atoms with Gasteiger partial charge in [-0.05, 0) is 31.2 Å². The second-order valence-corrected chi connectivity index (χ2v) is 5.85. The predicted octanol–water partition coefficient (Wildman–Crippen LogP) is 0.806.